The molecule has 0 aliphatic heterocycles. The first-order chi connectivity index (χ1) is 16.6. The lowest BCUT2D eigenvalue weighted by atomic mass is 9.70. The molecular formula is C27H22N6O. The summed E-state index contributed by atoms with van der Waals surface area (Å²) in [6.45, 7) is 3.83. The Bertz CT molecular complexity index is 1480. The molecule has 0 amide bonds. The van der Waals surface area contributed by atoms with E-state index >= 15 is 0 Å². The number of rotatable bonds is 5. The lowest BCUT2D eigenvalue weighted by Gasteiger charge is -2.28. The number of hydrogen-bond donors (Lipinski definition) is 1. The average molecular weight is 447 g/mol. The van der Waals surface area contributed by atoms with Crippen molar-refractivity contribution < 1.29 is 4.52 Å². The van der Waals surface area contributed by atoms with Crippen molar-refractivity contribution in [3.8, 4) is 17.2 Å². The van der Waals surface area contributed by atoms with Crippen LogP contribution in [0, 0.1) is 25.2 Å². The Kier molecular flexibility index (Phi) is 4.56. The molecule has 4 heterocycles. The molecule has 7 nitrogen and oxygen atoms in total. The third-order valence-electron chi connectivity index (χ3n) is 6.65. The van der Waals surface area contributed by atoms with E-state index in [4.69, 9.17) is 9.51 Å². The summed E-state index contributed by atoms with van der Waals surface area (Å²) in [7, 11) is 0. The van der Waals surface area contributed by atoms with Gasteiger partial charge in [-0.05, 0) is 67.6 Å². The number of aryl methyl sites for hydroxylation is 2. The smallest absolute Gasteiger partial charge is 0.141 e. The van der Waals surface area contributed by atoms with Crippen LogP contribution in [-0.4, -0.2) is 25.1 Å². The summed E-state index contributed by atoms with van der Waals surface area (Å²) in [6, 6.07) is 14.4. The molecule has 0 radical (unpaired) electrons. The third-order valence-corrected chi connectivity index (χ3v) is 6.65. The number of imidazole rings is 1. The maximum Gasteiger partial charge on any atom is 0.141 e. The normalized spacial score (nSPS) is 13.8. The van der Waals surface area contributed by atoms with Gasteiger partial charge in [-0.3, -0.25) is 9.97 Å². The van der Waals surface area contributed by atoms with E-state index in [-0.39, 0.29) is 0 Å². The number of fused-ring (bicyclic) bond motifs is 1. The number of nitrogens with one attached hydrogen (secondary N) is 1. The van der Waals surface area contributed by atoms with Gasteiger partial charge in [0.2, 0.25) is 0 Å². The maximum atomic E-state index is 10.9. The summed E-state index contributed by atoms with van der Waals surface area (Å²) in [6.07, 6.45) is 9.17. The van der Waals surface area contributed by atoms with Gasteiger partial charge >= 0.3 is 0 Å². The Hall–Kier alpha value is -4.31. The van der Waals surface area contributed by atoms with Crippen molar-refractivity contribution in [1.29, 1.82) is 5.26 Å². The number of aromatic nitrogens is 5. The largest absolute Gasteiger partial charge is 0.361 e. The third kappa shape index (κ3) is 3.03. The molecule has 166 valence electrons. The van der Waals surface area contributed by atoms with Crippen LogP contribution in [0.25, 0.3) is 22.2 Å². The van der Waals surface area contributed by atoms with Crippen LogP contribution in [0.5, 0.6) is 0 Å². The average Bonchev–Trinajstić information content (AvgIpc) is 3.55. The van der Waals surface area contributed by atoms with Crippen LogP contribution in [0.1, 0.15) is 52.7 Å². The van der Waals surface area contributed by atoms with Gasteiger partial charge in [-0.25, -0.2) is 4.98 Å². The van der Waals surface area contributed by atoms with Gasteiger partial charge in [-0.15, -0.1) is 0 Å². The highest BCUT2D eigenvalue weighted by atomic mass is 16.5. The number of nitriles is 1. The first kappa shape index (κ1) is 20.3. The zero-order valence-electron chi connectivity index (χ0n) is 18.9. The summed E-state index contributed by atoms with van der Waals surface area (Å²) in [5.41, 5.74) is 5.48. The van der Waals surface area contributed by atoms with Crippen molar-refractivity contribution in [2.75, 3.05) is 0 Å². The molecule has 7 heteroatoms. The fourth-order valence-corrected chi connectivity index (χ4v) is 4.85. The SMILES string of the molecule is Cc1noc(C)c1-c1cc(C(C#N)(c2cccnc2)c2cccnc2)c2nc(C3CC3)[nH]c2c1. The monoisotopic (exact) mass is 446 g/mol. The minimum absolute atomic E-state index is 0.441. The Morgan fingerprint density at radius 2 is 1.76 bits per heavy atom. The van der Waals surface area contributed by atoms with Gasteiger partial charge in [0, 0.05) is 41.8 Å². The summed E-state index contributed by atoms with van der Waals surface area (Å²) < 4.78 is 5.48. The standard InChI is InChI=1S/C27H22N6O/c1-16-24(17(2)34-33-16)19-11-22(25-23(12-19)31-26(32-25)18-7-8-18)27(15-28,20-5-3-9-29-13-20)21-6-4-10-30-14-21/h3-6,9-14,18H,7-8H2,1-2H3,(H,31,32). The molecule has 1 saturated carbocycles. The molecular weight excluding hydrogens is 424 g/mol. The second-order valence-electron chi connectivity index (χ2n) is 8.86. The molecule has 4 aromatic heterocycles. The molecule has 0 bridgehead atoms. The highest BCUT2D eigenvalue weighted by Crippen LogP contribution is 2.45. The van der Waals surface area contributed by atoms with E-state index in [0.717, 1.165) is 69.0 Å². The van der Waals surface area contributed by atoms with Crippen LogP contribution < -0.4 is 0 Å². The van der Waals surface area contributed by atoms with Crippen molar-refractivity contribution in [3.05, 3.63) is 95.2 Å². The number of aromatic amines is 1. The van der Waals surface area contributed by atoms with E-state index in [2.05, 4.69) is 38.3 Å². The molecule has 0 atom stereocenters. The first-order valence-electron chi connectivity index (χ1n) is 11.3. The van der Waals surface area contributed by atoms with E-state index in [1.54, 1.807) is 24.8 Å². The fourth-order valence-electron chi connectivity index (χ4n) is 4.85. The van der Waals surface area contributed by atoms with E-state index in [9.17, 15) is 5.26 Å². The second kappa shape index (κ2) is 7.63. The number of H-pyrrole nitrogens is 1. The summed E-state index contributed by atoms with van der Waals surface area (Å²) in [5, 5.41) is 15.0. The molecule has 5 aromatic rings. The van der Waals surface area contributed by atoms with Crippen molar-refractivity contribution in [1.82, 2.24) is 25.1 Å². The van der Waals surface area contributed by atoms with E-state index < -0.39 is 5.41 Å². The predicted octanol–water partition coefficient (Wildman–Crippen LogP) is 5.36. The quantitative estimate of drug-likeness (QED) is 0.390. The molecule has 0 spiro atoms. The second-order valence-corrected chi connectivity index (χ2v) is 8.86. The lowest BCUT2D eigenvalue weighted by molar-refractivity contribution is 0.393. The summed E-state index contributed by atoms with van der Waals surface area (Å²) in [4.78, 5) is 17.3. The summed E-state index contributed by atoms with van der Waals surface area (Å²) in [5.74, 6) is 2.14. The first-order valence-corrected chi connectivity index (χ1v) is 11.3. The predicted molar refractivity (Wildman–Crippen MR) is 127 cm³/mol. The Labute approximate surface area is 196 Å². The highest BCUT2D eigenvalue weighted by Gasteiger charge is 2.41. The number of nitrogens with zero attached hydrogens (tertiary/aromatic N) is 5. The Morgan fingerprint density at radius 1 is 1.06 bits per heavy atom. The molecule has 34 heavy (non-hydrogen) atoms. The molecule has 0 saturated heterocycles. The van der Waals surface area contributed by atoms with Crippen molar-refractivity contribution >= 4 is 11.0 Å². The van der Waals surface area contributed by atoms with Gasteiger partial charge in [-0.1, -0.05) is 17.3 Å². The molecule has 1 aliphatic rings. The van der Waals surface area contributed by atoms with Crippen LogP contribution in [0.4, 0.5) is 0 Å². The molecule has 1 fully saturated rings. The number of pyridine rings is 2. The van der Waals surface area contributed by atoms with Crippen LogP contribution in [-0.2, 0) is 5.41 Å². The van der Waals surface area contributed by atoms with Crippen LogP contribution in [0.2, 0.25) is 0 Å². The number of hydrogen-bond acceptors (Lipinski definition) is 6. The van der Waals surface area contributed by atoms with Crippen molar-refractivity contribution in [2.45, 2.75) is 38.0 Å². The minimum atomic E-state index is -1.16. The van der Waals surface area contributed by atoms with Gasteiger partial charge in [0.05, 0.1) is 22.8 Å². The zero-order valence-corrected chi connectivity index (χ0v) is 18.9. The van der Waals surface area contributed by atoms with E-state index in [1.807, 2.05) is 38.1 Å². The molecule has 1 aliphatic carbocycles. The minimum Gasteiger partial charge on any atom is -0.361 e. The van der Waals surface area contributed by atoms with Crippen molar-refractivity contribution in [2.24, 2.45) is 0 Å². The molecule has 6 rings (SSSR count). The van der Waals surface area contributed by atoms with Crippen molar-refractivity contribution in [3.63, 3.8) is 0 Å². The van der Waals surface area contributed by atoms with E-state index in [1.165, 1.54) is 0 Å². The topological polar surface area (TPSA) is 104 Å². The lowest BCUT2D eigenvalue weighted by Crippen LogP contribution is -2.28. The Balaban J connectivity index is 1.74. The van der Waals surface area contributed by atoms with Gasteiger partial charge in [0.25, 0.3) is 0 Å². The summed E-state index contributed by atoms with van der Waals surface area (Å²) >= 11 is 0. The van der Waals surface area contributed by atoms with Crippen LogP contribution >= 0.6 is 0 Å². The van der Waals surface area contributed by atoms with Gasteiger partial charge in [0.15, 0.2) is 0 Å². The molecule has 0 unspecified atom stereocenters. The van der Waals surface area contributed by atoms with E-state index in [0.29, 0.717) is 5.92 Å². The maximum absolute atomic E-state index is 10.9. The van der Waals surface area contributed by atoms with Gasteiger partial charge in [0.1, 0.15) is 17.0 Å². The fraction of sp³-hybridized carbons (Fsp3) is 0.222. The van der Waals surface area contributed by atoms with Crippen LogP contribution in [0.3, 0.4) is 0 Å². The van der Waals surface area contributed by atoms with Crippen LogP contribution in [0.15, 0.2) is 65.7 Å². The highest BCUT2D eigenvalue weighted by molar-refractivity contribution is 5.89. The zero-order chi connectivity index (χ0) is 23.3. The number of benzene rings is 1. The van der Waals surface area contributed by atoms with Gasteiger partial charge in [-0.2, -0.15) is 5.26 Å². The van der Waals surface area contributed by atoms with Gasteiger partial charge < -0.3 is 9.51 Å². The molecule has 1 N–H and O–H groups in total. The molecule has 1 aromatic carbocycles. The Morgan fingerprint density at radius 3 is 2.29 bits per heavy atom.